The van der Waals surface area contributed by atoms with Gasteiger partial charge in [-0.15, -0.1) is 0 Å². The molecule has 0 saturated heterocycles. The number of hydrogen-bond acceptors (Lipinski definition) is 7. The number of hydrogen-bond donors (Lipinski definition) is 2. The number of methoxy groups -OCH3 is 1. The molecule has 0 fully saturated rings. The summed E-state index contributed by atoms with van der Waals surface area (Å²) < 4.78 is 17.7. The monoisotopic (exact) mass is 431 g/mol. The van der Waals surface area contributed by atoms with E-state index >= 15 is 0 Å². The van der Waals surface area contributed by atoms with Crippen molar-refractivity contribution in [3.63, 3.8) is 0 Å². The highest BCUT2D eigenvalue weighted by Crippen LogP contribution is 2.38. The molecule has 29 heavy (non-hydrogen) atoms. The highest BCUT2D eigenvalue weighted by molar-refractivity contribution is 7.69. The molecule has 3 aromatic rings. The van der Waals surface area contributed by atoms with Crippen LogP contribution in [0, 0.1) is 0 Å². The normalized spacial score (nSPS) is 11.2. The summed E-state index contributed by atoms with van der Waals surface area (Å²) in [6, 6.07) is 6.89. The van der Waals surface area contributed by atoms with Gasteiger partial charge in [0.1, 0.15) is 17.7 Å². The van der Waals surface area contributed by atoms with Crippen LogP contribution in [-0.4, -0.2) is 41.3 Å². The third kappa shape index (κ3) is 4.55. The van der Waals surface area contributed by atoms with Gasteiger partial charge in [-0.25, -0.2) is 9.97 Å². The van der Waals surface area contributed by atoms with Gasteiger partial charge in [0.05, 0.1) is 42.1 Å². The van der Waals surface area contributed by atoms with E-state index in [0.29, 0.717) is 33.8 Å². The Morgan fingerprint density at radius 3 is 2.48 bits per heavy atom. The van der Waals surface area contributed by atoms with E-state index in [0.717, 1.165) is 0 Å². The highest BCUT2D eigenvalue weighted by Gasteiger charge is 2.18. The number of rotatable bonds is 6. The smallest absolute Gasteiger partial charge is 0.252 e. The first-order chi connectivity index (χ1) is 13.7. The van der Waals surface area contributed by atoms with E-state index < -0.39 is 13.0 Å². The first-order valence-electron chi connectivity index (χ1n) is 8.48. The topological polar surface area (TPSA) is 120 Å². The largest absolute Gasteiger partial charge is 0.494 e. The number of amides is 1. The van der Waals surface area contributed by atoms with E-state index in [1.807, 2.05) is 6.07 Å². The number of carbonyl (C=O) groups excluding carboxylic acids is 1. The molecule has 0 aliphatic heterocycles. The van der Waals surface area contributed by atoms with Crippen molar-refractivity contribution in [3.8, 4) is 17.0 Å². The molecule has 1 aromatic carbocycles. The quantitative estimate of drug-likeness (QED) is 0.453. The Hall–Kier alpha value is -2.96. The van der Waals surface area contributed by atoms with E-state index in [-0.39, 0.29) is 10.7 Å². The fraction of sp³-hybridized carbons (Fsp3) is 0.158. The maximum Gasteiger partial charge on any atom is 0.252 e. The predicted octanol–water partition coefficient (Wildman–Crippen LogP) is 3.29. The minimum absolute atomic E-state index is 0.188. The molecule has 0 aliphatic carbocycles. The van der Waals surface area contributed by atoms with Crippen LogP contribution in [0.3, 0.4) is 0 Å². The number of nitrogens with two attached hydrogens (primary N) is 1. The lowest BCUT2D eigenvalue weighted by Gasteiger charge is -2.16. The minimum atomic E-state index is -2.50. The number of halogens is 1. The van der Waals surface area contributed by atoms with Crippen molar-refractivity contribution in [2.45, 2.75) is 0 Å². The predicted molar refractivity (Wildman–Crippen MR) is 114 cm³/mol. The van der Waals surface area contributed by atoms with Crippen LogP contribution in [0.1, 0.15) is 10.4 Å². The van der Waals surface area contributed by atoms with Gasteiger partial charge in [0.2, 0.25) is 0 Å². The number of pyridine rings is 1. The summed E-state index contributed by atoms with van der Waals surface area (Å²) in [4.78, 5) is 24.3. The molecular weight excluding hydrogens is 413 g/mol. The number of para-hydroxylation sites is 1. The molecule has 0 radical (unpaired) electrons. The summed E-state index contributed by atoms with van der Waals surface area (Å²) in [6.07, 6.45) is 4.36. The average Bonchev–Trinajstić information content (AvgIpc) is 2.67. The van der Waals surface area contributed by atoms with E-state index in [9.17, 15) is 9.36 Å². The second-order valence-corrected chi connectivity index (χ2v) is 10.1. The number of ether oxygens (including phenoxy) is 1. The van der Waals surface area contributed by atoms with E-state index in [1.165, 1.54) is 25.6 Å². The molecule has 3 rings (SSSR count). The molecule has 150 valence electrons. The molecule has 0 unspecified atom stereocenters. The SMILES string of the molecule is COc1c(Nc2cc(Cl)ncc2C(N)=O)cccc1-c1cnc(P(C)(C)=O)cn1. The molecule has 0 saturated carbocycles. The van der Waals surface area contributed by atoms with Crippen LogP contribution in [0.25, 0.3) is 11.3 Å². The van der Waals surface area contributed by atoms with Crippen LogP contribution in [0.15, 0.2) is 42.9 Å². The Morgan fingerprint density at radius 1 is 1.14 bits per heavy atom. The summed E-state index contributed by atoms with van der Waals surface area (Å²) in [5.74, 6) is -0.161. The average molecular weight is 432 g/mol. The number of primary amides is 1. The number of anilines is 2. The van der Waals surface area contributed by atoms with Crippen LogP contribution in [0.5, 0.6) is 5.75 Å². The van der Waals surface area contributed by atoms with Crippen molar-refractivity contribution < 1.29 is 14.1 Å². The number of aromatic nitrogens is 3. The van der Waals surface area contributed by atoms with Crippen molar-refractivity contribution in [2.75, 3.05) is 25.8 Å². The summed E-state index contributed by atoms with van der Waals surface area (Å²) >= 11 is 5.96. The molecule has 2 aromatic heterocycles. The van der Waals surface area contributed by atoms with Gasteiger partial charge in [-0.1, -0.05) is 17.7 Å². The first-order valence-corrected chi connectivity index (χ1v) is 11.5. The number of benzene rings is 1. The Bertz CT molecular complexity index is 1120. The molecule has 0 atom stereocenters. The molecule has 8 nitrogen and oxygen atoms in total. The van der Waals surface area contributed by atoms with E-state index in [4.69, 9.17) is 22.1 Å². The van der Waals surface area contributed by atoms with Gasteiger partial charge in [-0.3, -0.25) is 9.78 Å². The third-order valence-corrected chi connectivity index (χ3v) is 5.63. The number of nitrogens with one attached hydrogen (secondary N) is 1. The molecule has 0 spiro atoms. The van der Waals surface area contributed by atoms with Crippen molar-refractivity contribution in [3.05, 3.63) is 53.6 Å². The maximum absolute atomic E-state index is 12.2. The lowest BCUT2D eigenvalue weighted by molar-refractivity contribution is 0.100. The van der Waals surface area contributed by atoms with Crippen LogP contribution in [0.2, 0.25) is 5.15 Å². The maximum atomic E-state index is 12.2. The zero-order valence-electron chi connectivity index (χ0n) is 16.0. The fourth-order valence-electron chi connectivity index (χ4n) is 2.67. The van der Waals surface area contributed by atoms with Gasteiger partial charge in [0.15, 0.2) is 5.75 Å². The van der Waals surface area contributed by atoms with Crippen molar-refractivity contribution >= 4 is 41.5 Å². The summed E-state index contributed by atoms with van der Waals surface area (Å²) in [5.41, 5.74) is 8.24. The van der Waals surface area contributed by atoms with Gasteiger partial charge in [0.25, 0.3) is 5.91 Å². The first kappa shape index (κ1) is 20.8. The lowest BCUT2D eigenvalue weighted by atomic mass is 10.1. The van der Waals surface area contributed by atoms with Crippen LogP contribution >= 0.6 is 18.7 Å². The Kier molecular flexibility index (Phi) is 5.86. The van der Waals surface area contributed by atoms with E-state index in [2.05, 4.69) is 20.3 Å². The highest BCUT2D eigenvalue weighted by atomic mass is 35.5. The van der Waals surface area contributed by atoms with Crippen LogP contribution in [0.4, 0.5) is 11.4 Å². The second kappa shape index (κ2) is 8.19. The van der Waals surface area contributed by atoms with Gasteiger partial charge < -0.3 is 20.4 Å². The molecule has 3 N–H and O–H groups in total. The Morgan fingerprint density at radius 2 is 1.90 bits per heavy atom. The fourth-order valence-corrected chi connectivity index (χ4v) is 3.50. The van der Waals surface area contributed by atoms with Crippen molar-refractivity contribution in [2.24, 2.45) is 5.73 Å². The minimum Gasteiger partial charge on any atom is -0.494 e. The van der Waals surface area contributed by atoms with Crippen molar-refractivity contribution in [1.82, 2.24) is 15.0 Å². The molecule has 0 aliphatic rings. The van der Waals surface area contributed by atoms with Gasteiger partial charge in [0, 0.05) is 11.8 Å². The Labute approximate surface area is 172 Å². The van der Waals surface area contributed by atoms with Crippen LogP contribution in [-0.2, 0) is 4.57 Å². The molecule has 10 heteroatoms. The second-order valence-electron chi connectivity index (χ2n) is 6.54. The lowest BCUT2D eigenvalue weighted by Crippen LogP contribution is -2.14. The summed E-state index contributed by atoms with van der Waals surface area (Å²) in [5, 5.41) is 3.32. The third-order valence-electron chi connectivity index (χ3n) is 4.09. The molecular formula is C19H19ClN5O3P. The Balaban J connectivity index is 2.05. The van der Waals surface area contributed by atoms with Crippen LogP contribution < -0.4 is 21.2 Å². The zero-order valence-corrected chi connectivity index (χ0v) is 17.7. The van der Waals surface area contributed by atoms with Gasteiger partial charge >= 0.3 is 0 Å². The van der Waals surface area contributed by atoms with Gasteiger partial charge in [-0.05, 0) is 31.5 Å². The van der Waals surface area contributed by atoms with E-state index in [1.54, 1.807) is 31.7 Å². The molecule has 0 bridgehead atoms. The van der Waals surface area contributed by atoms with Gasteiger partial charge in [-0.2, -0.15) is 0 Å². The zero-order chi connectivity index (χ0) is 21.2. The molecule has 2 heterocycles. The summed E-state index contributed by atoms with van der Waals surface area (Å²) in [7, 11) is -0.982. The van der Waals surface area contributed by atoms with Crippen molar-refractivity contribution in [1.29, 1.82) is 0 Å². The molecule has 1 amide bonds. The standard InChI is InChI=1S/C19H19ClN5O3P/c1-28-18-11(15-9-24-17(10-22-15)29(2,3)27)5-4-6-13(18)25-14-7-16(20)23-8-12(14)19(21)26/h4-10H,1-3H3,(H2,21,26)(H,23,25). The summed E-state index contributed by atoms with van der Waals surface area (Å²) in [6.45, 7) is 3.27. The number of nitrogens with zero attached hydrogens (tertiary/aromatic N) is 3. The number of carbonyl (C=O) groups is 1.